The van der Waals surface area contributed by atoms with Gasteiger partial charge in [0, 0.05) is 18.6 Å². The van der Waals surface area contributed by atoms with Gasteiger partial charge in [-0.3, -0.25) is 9.59 Å². The zero-order valence-corrected chi connectivity index (χ0v) is 36.0. The zero-order valence-electron chi connectivity index (χ0n) is 36.0. The maximum Gasteiger partial charge on any atom is 0.410 e. The van der Waals surface area contributed by atoms with Crippen LogP contribution in [0.3, 0.4) is 0 Å². The number of benzene rings is 1. The number of esters is 2. The summed E-state index contributed by atoms with van der Waals surface area (Å²) in [5.74, 6) is -0.389. The Bertz CT molecular complexity index is 1030. The van der Waals surface area contributed by atoms with Crippen molar-refractivity contribution >= 4 is 18.0 Å². The summed E-state index contributed by atoms with van der Waals surface area (Å²) in [4.78, 5) is 42.7. The van der Waals surface area contributed by atoms with Gasteiger partial charge in [0.1, 0.15) is 6.61 Å². The van der Waals surface area contributed by atoms with Crippen molar-refractivity contribution in [3.8, 4) is 0 Å². The third kappa shape index (κ3) is 30.6. The van der Waals surface area contributed by atoms with Gasteiger partial charge in [-0.25, -0.2) is 4.79 Å². The Balaban J connectivity index is 0.00000112. The minimum Gasteiger partial charge on any atom is -0.469 e. The first-order valence-electron chi connectivity index (χ1n) is 21.2. The van der Waals surface area contributed by atoms with E-state index in [1.807, 2.05) is 44.4 Å². The summed E-state index contributed by atoms with van der Waals surface area (Å²) >= 11 is 0. The van der Waals surface area contributed by atoms with Crippen molar-refractivity contribution in [1.29, 1.82) is 0 Å². The van der Waals surface area contributed by atoms with Crippen LogP contribution in [0.25, 0.3) is 0 Å². The largest absolute Gasteiger partial charge is 0.469 e. The van der Waals surface area contributed by atoms with Crippen molar-refractivity contribution in [2.24, 2.45) is 0 Å². The number of rotatable bonds is 32. The second kappa shape index (κ2) is 36.0. The third-order valence-electron chi connectivity index (χ3n) is 9.67. The molecular formula is C44H82N4O6. The van der Waals surface area contributed by atoms with Crippen molar-refractivity contribution < 1.29 is 28.6 Å². The van der Waals surface area contributed by atoms with Gasteiger partial charge in [-0.2, -0.15) is 0 Å². The highest BCUT2D eigenvalue weighted by Crippen LogP contribution is 2.19. The molecule has 0 saturated carbocycles. The highest BCUT2D eigenvalue weighted by molar-refractivity contribution is 5.73. The minimum atomic E-state index is -0.357. The standard InChI is InChI=1S/C26H44N2O4.C18H38N2O2/c1-5-6-7-8-9-10-14-18-24(21-25(29)31-4)28(20-15-19-27(2)3)26(30)32-22-23-16-12-11-13-17-23;1-5-6-7-8-9-10-11-13-17(16-18(21)22-4)19-14-12-15-20(2)3/h11-13,16-17,24H,5-10,14-15,18-22H2,1-4H3;17,19H,5-16H2,1-4H3. The molecule has 1 rings (SSSR count). The number of nitrogens with one attached hydrogen (secondary N) is 1. The monoisotopic (exact) mass is 763 g/mol. The Kier molecular flexibility index (Phi) is 34.2. The molecule has 2 unspecified atom stereocenters. The Morgan fingerprint density at radius 1 is 0.611 bits per heavy atom. The van der Waals surface area contributed by atoms with Crippen molar-refractivity contribution in [1.82, 2.24) is 20.0 Å². The molecule has 0 spiro atoms. The molecule has 0 heterocycles. The average Bonchev–Trinajstić information content (AvgIpc) is 3.16. The number of hydrogen-bond donors (Lipinski definition) is 1. The Morgan fingerprint density at radius 2 is 1.11 bits per heavy atom. The van der Waals surface area contributed by atoms with Crippen LogP contribution in [-0.2, 0) is 30.4 Å². The summed E-state index contributed by atoms with van der Waals surface area (Å²) in [6.07, 6.45) is 21.7. The Labute approximate surface area is 331 Å². The third-order valence-corrected chi connectivity index (χ3v) is 9.67. The molecule has 0 bridgehead atoms. The van der Waals surface area contributed by atoms with Gasteiger partial charge in [0.2, 0.25) is 0 Å². The number of unbranched alkanes of at least 4 members (excludes halogenated alkanes) is 12. The zero-order chi connectivity index (χ0) is 40.2. The van der Waals surface area contributed by atoms with Gasteiger partial charge in [0.05, 0.1) is 27.1 Å². The molecule has 10 nitrogen and oxygen atoms in total. The first-order chi connectivity index (χ1) is 26.1. The van der Waals surface area contributed by atoms with Crippen LogP contribution < -0.4 is 5.32 Å². The number of hydrogen-bond acceptors (Lipinski definition) is 9. The van der Waals surface area contributed by atoms with Gasteiger partial charge >= 0.3 is 18.0 Å². The second-order valence-corrected chi connectivity index (χ2v) is 15.2. The molecule has 1 aromatic carbocycles. The molecule has 0 fully saturated rings. The summed E-state index contributed by atoms with van der Waals surface area (Å²) in [6.45, 7) is 8.17. The van der Waals surface area contributed by atoms with E-state index in [0.717, 1.165) is 63.7 Å². The highest BCUT2D eigenvalue weighted by Gasteiger charge is 2.27. The van der Waals surface area contributed by atoms with Crippen molar-refractivity contribution in [3.63, 3.8) is 0 Å². The van der Waals surface area contributed by atoms with E-state index in [1.54, 1.807) is 4.90 Å². The number of methoxy groups -OCH3 is 2. The van der Waals surface area contributed by atoms with E-state index in [1.165, 1.54) is 91.3 Å². The quantitative estimate of drug-likeness (QED) is 0.0438. The van der Waals surface area contributed by atoms with Crippen molar-refractivity contribution in [2.75, 3.05) is 68.6 Å². The smallest absolute Gasteiger partial charge is 0.410 e. The predicted octanol–water partition coefficient (Wildman–Crippen LogP) is 9.25. The first kappa shape index (κ1) is 51.3. The van der Waals surface area contributed by atoms with E-state index in [2.05, 4.69) is 43.1 Å². The lowest BCUT2D eigenvalue weighted by molar-refractivity contribution is -0.142. The first-order valence-corrected chi connectivity index (χ1v) is 21.2. The number of ether oxygens (including phenoxy) is 3. The van der Waals surface area contributed by atoms with Crippen LogP contribution in [0.2, 0.25) is 0 Å². The number of amides is 1. The van der Waals surface area contributed by atoms with Crippen LogP contribution in [0, 0.1) is 0 Å². The van der Waals surface area contributed by atoms with E-state index in [0.29, 0.717) is 13.0 Å². The molecule has 0 aliphatic rings. The van der Waals surface area contributed by atoms with Crippen LogP contribution in [0.1, 0.15) is 148 Å². The summed E-state index contributed by atoms with van der Waals surface area (Å²) in [5.41, 5.74) is 0.950. The van der Waals surface area contributed by atoms with Gasteiger partial charge in [-0.15, -0.1) is 0 Å². The molecule has 0 aliphatic heterocycles. The number of carbonyl (C=O) groups excluding carboxylic acids is 3. The molecule has 10 heteroatoms. The fourth-order valence-corrected chi connectivity index (χ4v) is 6.37. The predicted molar refractivity (Wildman–Crippen MR) is 224 cm³/mol. The van der Waals surface area contributed by atoms with Gasteiger partial charge in [-0.05, 0) is 79.1 Å². The molecule has 1 aromatic rings. The maximum absolute atomic E-state index is 13.0. The Hall–Kier alpha value is -2.69. The molecule has 1 amide bonds. The van der Waals surface area contributed by atoms with Crippen LogP contribution in [0.5, 0.6) is 0 Å². The van der Waals surface area contributed by atoms with Gasteiger partial charge in [0.25, 0.3) is 0 Å². The lowest BCUT2D eigenvalue weighted by atomic mass is 10.0. The van der Waals surface area contributed by atoms with Crippen LogP contribution in [0.4, 0.5) is 4.79 Å². The highest BCUT2D eigenvalue weighted by atomic mass is 16.6. The second-order valence-electron chi connectivity index (χ2n) is 15.2. The van der Waals surface area contributed by atoms with Crippen LogP contribution >= 0.6 is 0 Å². The van der Waals surface area contributed by atoms with Crippen molar-refractivity contribution in [3.05, 3.63) is 35.9 Å². The summed E-state index contributed by atoms with van der Waals surface area (Å²) in [6, 6.07) is 9.74. The molecule has 0 aliphatic carbocycles. The maximum atomic E-state index is 13.0. The van der Waals surface area contributed by atoms with E-state index in [4.69, 9.17) is 14.2 Å². The normalized spacial score (nSPS) is 12.2. The topological polar surface area (TPSA) is 101 Å². The molecule has 0 aromatic heterocycles. The van der Waals surface area contributed by atoms with Gasteiger partial charge in [0.15, 0.2) is 0 Å². The lowest BCUT2D eigenvalue weighted by Crippen LogP contribution is -2.43. The van der Waals surface area contributed by atoms with Crippen LogP contribution in [0.15, 0.2) is 30.3 Å². The fraction of sp³-hybridized carbons (Fsp3) is 0.795. The summed E-state index contributed by atoms with van der Waals surface area (Å²) < 4.78 is 15.4. The molecule has 54 heavy (non-hydrogen) atoms. The molecule has 1 N–H and O–H groups in total. The summed E-state index contributed by atoms with van der Waals surface area (Å²) in [7, 11) is 11.1. The van der Waals surface area contributed by atoms with Gasteiger partial charge < -0.3 is 34.2 Å². The Morgan fingerprint density at radius 3 is 1.65 bits per heavy atom. The minimum absolute atomic E-state index is 0.104. The van der Waals surface area contributed by atoms with Crippen molar-refractivity contribution in [2.45, 2.75) is 161 Å². The fourth-order valence-electron chi connectivity index (χ4n) is 6.37. The molecule has 0 saturated heterocycles. The molecule has 0 radical (unpaired) electrons. The number of nitrogens with zero attached hydrogens (tertiary/aromatic N) is 3. The molecule has 314 valence electrons. The van der Waals surface area contributed by atoms with Gasteiger partial charge in [-0.1, -0.05) is 134 Å². The molecule has 2 atom stereocenters. The molecular weight excluding hydrogens is 681 g/mol. The van der Waals surface area contributed by atoms with E-state index < -0.39 is 0 Å². The average molecular weight is 763 g/mol. The van der Waals surface area contributed by atoms with E-state index in [-0.39, 0.29) is 43.1 Å². The van der Waals surface area contributed by atoms with E-state index >= 15 is 0 Å². The van der Waals surface area contributed by atoms with Crippen LogP contribution in [-0.4, -0.2) is 113 Å². The lowest BCUT2D eigenvalue weighted by Gasteiger charge is -2.31. The SMILES string of the molecule is CCCCCCCCCC(CC(=O)OC)N(CCCN(C)C)C(=O)OCc1ccccc1.CCCCCCCCCC(CC(=O)OC)NCCCN(C)C. The number of carbonyl (C=O) groups is 3. The van der Waals surface area contributed by atoms with E-state index in [9.17, 15) is 14.4 Å². The summed E-state index contributed by atoms with van der Waals surface area (Å²) in [5, 5.41) is 3.52.